The van der Waals surface area contributed by atoms with Gasteiger partial charge in [0, 0.05) is 26.4 Å². The number of aromatic carboxylic acids is 1. The molecule has 1 aromatic rings. The number of hydrogen-bond acceptors (Lipinski definition) is 5. The molecule has 6 heteroatoms. The maximum Gasteiger partial charge on any atom is 0.354 e. The Morgan fingerprint density at radius 3 is 3.06 bits per heavy atom. The Morgan fingerprint density at radius 2 is 2.47 bits per heavy atom. The van der Waals surface area contributed by atoms with E-state index >= 15 is 0 Å². The van der Waals surface area contributed by atoms with Gasteiger partial charge in [-0.05, 0) is 6.07 Å². The molecule has 1 N–H and O–H groups in total. The van der Waals surface area contributed by atoms with Crippen LogP contribution in [0.5, 0.6) is 0 Å². The molecule has 92 valence electrons. The van der Waals surface area contributed by atoms with Gasteiger partial charge in [-0.3, -0.25) is 0 Å². The van der Waals surface area contributed by atoms with Crippen molar-refractivity contribution in [1.29, 1.82) is 0 Å². The summed E-state index contributed by atoms with van der Waals surface area (Å²) in [5, 5.41) is 8.84. The van der Waals surface area contributed by atoms with Crippen LogP contribution in [0.15, 0.2) is 24.9 Å². The molecule has 0 fully saturated rings. The minimum Gasteiger partial charge on any atom is -0.477 e. The number of aromatic nitrogens is 2. The lowest BCUT2D eigenvalue weighted by Gasteiger charge is -2.20. The highest BCUT2D eigenvalue weighted by molar-refractivity contribution is 5.85. The summed E-state index contributed by atoms with van der Waals surface area (Å²) in [6, 6.07) is 1.36. The Bertz CT molecular complexity index is 395. The van der Waals surface area contributed by atoms with Crippen molar-refractivity contribution in [2.75, 3.05) is 31.7 Å². The Hall–Kier alpha value is -1.95. The van der Waals surface area contributed by atoms with Crippen molar-refractivity contribution < 1.29 is 14.6 Å². The van der Waals surface area contributed by atoms with E-state index in [1.165, 1.54) is 12.3 Å². The van der Waals surface area contributed by atoms with Gasteiger partial charge >= 0.3 is 5.97 Å². The lowest BCUT2D eigenvalue weighted by Crippen LogP contribution is -2.29. The van der Waals surface area contributed by atoms with Crippen LogP contribution in [0.25, 0.3) is 0 Å². The van der Waals surface area contributed by atoms with Gasteiger partial charge < -0.3 is 14.7 Å². The van der Waals surface area contributed by atoms with Crippen molar-refractivity contribution in [2.24, 2.45) is 0 Å². The van der Waals surface area contributed by atoms with Gasteiger partial charge in [0.2, 0.25) is 5.95 Å². The van der Waals surface area contributed by atoms with Crippen LogP contribution in [-0.4, -0.2) is 47.8 Å². The van der Waals surface area contributed by atoms with E-state index in [0.717, 1.165) is 0 Å². The summed E-state index contributed by atoms with van der Waals surface area (Å²) in [4.78, 5) is 20.6. The molecule has 17 heavy (non-hydrogen) atoms. The molecule has 0 saturated carbocycles. The second-order valence-corrected chi connectivity index (χ2v) is 3.27. The van der Waals surface area contributed by atoms with Crippen LogP contribution in [-0.2, 0) is 4.74 Å². The molecule has 1 aromatic heterocycles. The summed E-state index contributed by atoms with van der Waals surface area (Å²) < 4.78 is 4.97. The third kappa shape index (κ3) is 3.84. The maximum atomic E-state index is 10.8. The number of carboxylic acids is 1. The minimum atomic E-state index is -1.07. The summed E-state index contributed by atoms with van der Waals surface area (Å²) in [6.45, 7) is 5.25. The second-order valence-electron chi connectivity index (χ2n) is 3.27. The highest BCUT2D eigenvalue weighted by Gasteiger charge is 2.11. The van der Waals surface area contributed by atoms with Gasteiger partial charge in [-0.25, -0.2) is 14.8 Å². The van der Waals surface area contributed by atoms with Crippen molar-refractivity contribution in [2.45, 2.75) is 0 Å². The van der Waals surface area contributed by atoms with Crippen LogP contribution < -0.4 is 4.90 Å². The quantitative estimate of drug-likeness (QED) is 0.707. The molecule has 0 saturated heterocycles. The number of ether oxygens (including phenoxy) is 1. The molecular weight excluding hydrogens is 222 g/mol. The van der Waals surface area contributed by atoms with Crippen LogP contribution >= 0.6 is 0 Å². The van der Waals surface area contributed by atoms with Gasteiger partial charge in [0.1, 0.15) is 0 Å². The average molecular weight is 237 g/mol. The molecule has 0 spiro atoms. The molecule has 1 rings (SSSR count). The molecular formula is C11H15N3O3. The van der Waals surface area contributed by atoms with E-state index in [9.17, 15) is 4.79 Å². The molecule has 0 aliphatic carbocycles. The monoisotopic (exact) mass is 237 g/mol. The molecule has 0 aliphatic rings. The van der Waals surface area contributed by atoms with Gasteiger partial charge in [-0.1, -0.05) is 6.08 Å². The van der Waals surface area contributed by atoms with Gasteiger partial charge in [-0.2, -0.15) is 0 Å². The predicted molar refractivity (Wildman–Crippen MR) is 63.3 cm³/mol. The SMILES string of the molecule is C=CCN(CCOC)c1nccc(C(=O)O)n1. The standard InChI is InChI=1S/C11H15N3O3/c1-3-6-14(7-8-17-2)11-12-5-4-9(13-11)10(15)16/h3-5H,1,6-8H2,2H3,(H,15,16). The third-order valence-electron chi connectivity index (χ3n) is 2.06. The number of nitrogens with zero attached hydrogens (tertiary/aromatic N) is 3. The van der Waals surface area contributed by atoms with Crippen LogP contribution in [0.2, 0.25) is 0 Å². The fraction of sp³-hybridized carbons (Fsp3) is 0.364. The summed E-state index contributed by atoms with van der Waals surface area (Å²) >= 11 is 0. The number of carboxylic acid groups (broad SMARTS) is 1. The first-order valence-electron chi connectivity index (χ1n) is 5.10. The number of hydrogen-bond donors (Lipinski definition) is 1. The van der Waals surface area contributed by atoms with E-state index in [4.69, 9.17) is 9.84 Å². The topological polar surface area (TPSA) is 75.5 Å². The van der Waals surface area contributed by atoms with E-state index in [1.54, 1.807) is 18.1 Å². The Kier molecular flexibility index (Phi) is 5.09. The Balaban J connectivity index is 2.88. The highest BCUT2D eigenvalue weighted by atomic mass is 16.5. The van der Waals surface area contributed by atoms with Gasteiger partial charge in [0.25, 0.3) is 0 Å². The average Bonchev–Trinajstić information content (AvgIpc) is 2.34. The van der Waals surface area contributed by atoms with Crippen molar-refractivity contribution in [3.05, 3.63) is 30.6 Å². The van der Waals surface area contributed by atoms with Gasteiger partial charge in [-0.15, -0.1) is 6.58 Å². The number of anilines is 1. The molecule has 0 aliphatic heterocycles. The van der Waals surface area contributed by atoms with Crippen molar-refractivity contribution in [3.63, 3.8) is 0 Å². The molecule has 1 heterocycles. The summed E-state index contributed by atoms with van der Waals surface area (Å²) in [7, 11) is 1.60. The first-order valence-corrected chi connectivity index (χ1v) is 5.10. The fourth-order valence-corrected chi connectivity index (χ4v) is 1.25. The Labute approximate surface area is 99.6 Å². The van der Waals surface area contributed by atoms with Crippen LogP contribution in [0.3, 0.4) is 0 Å². The lowest BCUT2D eigenvalue weighted by molar-refractivity contribution is 0.0690. The maximum absolute atomic E-state index is 10.8. The van der Waals surface area contributed by atoms with Crippen LogP contribution in [0.1, 0.15) is 10.5 Å². The minimum absolute atomic E-state index is 0.0264. The lowest BCUT2D eigenvalue weighted by atomic mass is 10.4. The normalized spacial score (nSPS) is 9.94. The van der Waals surface area contributed by atoms with E-state index in [0.29, 0.717) is 25.6 Å². The smallest absolute Gasteiger partial charge is 0.354 e. The molecule has 0 aromatic carbocycles. The van der Waals surface area contributed by atoms with Crippen LogP contribution in [0, 0.1) is 0 Å². The molecule has 0 amide bonds. The van der Waals surface area contributed by atoms with E-state index in [-0.39, 0.29) is 5.69 Å². The zero-order valence-corrected chi connectivity index (χ0v) is 9.67. The summed E-state index contributed by atoms with van der Waals surface area (Å²) in [5.74, 6) is -0.708. The van der Waals surface area contributed by atoms with E-state index in [1.807, 2.05) is 0 Å². The van der Waals surface area contributed by atoms with Crippen molar-refractivity contribution >= 4 is 11.9 Å². The van der Waals surface area contributed by atoms with E-state index < -0.39 is 5.97 Å². The number of rotatable bonds is 7. The third-order valence-corrected chi connectivity index (χ3v) is 2.06. The first-order chi connectivity index (χ1) is 8.19. The molecule has 0 unspecified atom stereocenters. The van der Waals surface area contributed by atoms with Crippen molar-refractivity contribution in [3.8, 4) is 0 Å². The zero-order valence-electron chi connectivity index (χ0n) is 9.67. The van der Waals surface area contributed by atoms with Crippen molar-refractivity contribution in [1.82, 2.24) is 9.97 Å². The van der Waals surface area contributed by atoms with Crippen LogP contribution in [0.4, 0.5) is 5.95 Å². The molecule has 0 radical (unpaired) electrons. The summed E-state index contributed by atoms with van der Waals surface area (Å²) in [5.41, 5.74) is -0.0264. The fourth-order valence-electron chi connectivity index (χ4n) is 1.25. The summed E-state index contributed by atoms with van der Waals surface area (Å²) in [6.07, 6.45) is 3.13. The number of methoxy groups -OCH3 is 1. The molecule has 0 bridgehead atoms. The highest BCUT2D eigenvalue weighted by Crippen LogP contribution is 2.07. The second kappa shape index (κ2) is 6.59. The zero-order chi connectivity index (χ0) is 12.7. The first kappa shape index (κ1) is 13.1. The Morgan fingerprint density at radius 1 is 1.71 bits per heavy atom. The largest absolute Gasteiger partial charge is 0.477 e. The number of carbonyl (C=O) groups is 1. The molecule has 6 nitrogen and oxygen atoms in total. The molecule has 0 atom stereocenters. The van der Waals surface area contributed by atoms with Gasteiger partial charge in [0.15, 0.2) is 5.69 Å². The predicted octanol–water partition coefficient (Wildman–Crippen LogP) is 0.814. The van der Waals surface area contributed by atoms with Gasteiger partial charge in [0.05, 0.1) is 6.61 Å². The van der Waals surface area contributed by atoms with E-state index in [2.05, 4.69) is 16.5 Å².